The summed E-state index contributed by atoms with van der Waals surface area (Å²) in [6, 6.07) is 14.4. The Morgan fingerprint density at radius 3 is 2.39 bits per heavy atom. The molecule has 150 valence electrons. The molecule has 6 heteroatoms. The molecule has 0 spiro atoms. The molecule has 2 N–H and O–H groups in total. The number of methoxy groups -OCH3 is 1. The minimum atomic E-state index is -0.187. The molecule has 0 aromatic heterocycles. The van der Waals surface area contributed by atoms with Crippen molar-refractivity contribution in [2.45, 2.75) is 39.2 Å². The van der Waals surface area contributed by atoms with Gasteiger partial charge in [-0.05, 0) is 56.2 Å². The van der Waals surface area contributed by atoms with E-state index in [-0.39, 0.29) is 17.9 Å². The highest BCUT2D eigenvalue weighted by Crippen LogP contribution is 2.18. The molecule has 0 aliphatic carbocycles. The summed E-state index contributed by atoms with van der Waals surface area (Å²) < 4.78 is 10.7. The zero-order valence-corrected chi connectivity index (χ0v) is 16.7. The number of rotatable bonds is 10. The Balaban J connectivity index is 1.81. The van der Waals surface area contributed by atoms with Gasteiger partial charge < -0.3 is 20.1 Å². The van der Waals surface area contributed by atoms with Crippen LogP contribution in [0.5, 0.6) is 11.5 Å². The molecule has 0 bridgehead atoms. The molecule has 6 nitrogen and oxygen atoms in total. The van der Waals surface area contributed by atoms with Crippen molar-refractivity contribution in [1.82, 2.24) is 5.32 Å². The summed E-state index contributed by atoms with van der Waals surface area (Å²) in [5.41, 5.74) is 0.981. The molecule has 0 heterocycles. The van der Waals surface area contributed by atoms with Crippen LogP contribution in [-0.4, -0.2) is 31.6 Å². The lowest BCUT2D eigenvalue weighted by molar-refractivity contribution is -0.116. The molecule has 0 aliphatic heterocycles. The number of benzene rings is 2. The molecular weight excluding hydrogens is 356 g/mol. The number of hydrogen-bond donors (Lipinski definition) is 2. The van der Waals surface area contributed by atoms with Crippen LogP contribution in [0.2, 0.25) is 0 Å². The number of carbonyl (C=O) groups is 2. The second-order valence-corrected chi connectivity index (χ2v) is 6.50. The smallest absolute Gasteiger partial charge is 0.253 e. The van der Waals surface area contributed by atoms with Gasteiger partial charge in [-0.15, -0.1) is 0 Å². The molecule has 0 fully saturated rings. The van der Waals surface area contributed by atoms with Crippen molar-refractivity contribution in [3.8, 4) is 11.5 Å². The average molecular weight is 384 g/mol. The molecule has 0 aliphatic rings. The minimum Gasteiger partial charge on any atom is -0.497 e. The summed E-state index contributed by atoms with van der Waals surface area (Å²) in [5.74, 6) is 1.16. The van der Waals surface area contributed by atoms with Crippen molar-refractivity contribution in [3.63, 3.8) is 0 Å². The van der Waals surface area contributed by atoms with Gasteiger partial charge >= 0.3 is 0 Å². The summed E-state index contributed by atoms with van der Waals surface area (Å²) >= 11 is 0. The lowest BCUT2D eigenvalue weighted by Gasteiger charge is -2.14. The van der Waals surface area contributed by atoms with Gasteiger partial charge in [0.2, 0.25) is 5.91 Å². The van der Waals surface area contributed by atoms with Crippen LogP contribution in [0, 0.1) is 0 Å². The van der Waals surface area contributed by atoms with E-state index in [0.717, 1.165) is 17.9 Å². The van der Waals surface area contributed by atoms with Crippen LogP contribution in [0.1, 0.15) is 43.5 Å². The molecular formula is C22H28N2O4. The van der Waals surface area contributed by atoms with Crippen molar-refractivity contribution in [3.05, 3.63) is 54.1 Å². The van der Waals surface area contributed by atoms with Gasteiger partial charge in [-0.2, -0.15) is 0 Å². The van der Waals surface area contributed by atoms with Gasteiger partial charge in [0.1, 0.15) is 11.5 Å². The number of carbonyl (C=O) groups excluding carboxylic acids is 2. The van der Waals surface area contributed by atoms with Gasteiger partial charge in [0.25, 0.3) is 5.91 Å². The van der Waals surface area contributed by atoms with E-state index in [0.29, 0.717) is 30.7 Å². The quantitative estimate of drug-likeness (QED) is 0.607. The molecule has 0 saturated carbocycles. The third-order valence-corrected chi connectivity index (χ3v) is 4.31. The third kappa shape index (κ3) is 6.61. The van der Waals surface area contributed by atoms with E-state index < -0.39 is 0 Å². The predicted octanol–water partition coefficient (Wildman–Crippen LogP) is 4.02. The van der Waals surface area contributed by atoms with E-state index in [4.69, 9.17) is 9.47 Å². The largest absolute Gasteiger partial charge is 0.497 e. The summed E-state index contributed by atoms with van der Waals surface area (Å²) in [7, 11) is 1.61. The van der Waals surface area contributed by atoms with Crippen molar-refractivity contribution < 1.29 is 19.1 Å². The maximum atomic E-state index is 12.4. The lowest BCUT2D eigenvalue weighted by Crippen LogP contribution is -2.32. The molecule has 28 heavy (non-hydrogen) atoms. The first-order valence-electron chi connectivity index (χ1n) is 9.50. The molecule has 1 atom stereocenters. The minimum absolute atomic E-state index is 0.0753. The Kier molecular flexibility index (Phi) is 8.34. The van der Waals surface area contributed by atoms with Gasteiger partial charge in [0, 0.05) is 12.5 Å². The Labute approximate surface area is 166 Å². The monoisotopic (exact) mass is 384 g/mol. The van der Waals surface area contributed by atoms with Crippen LogP contribution in [0.25, 0.3) is 0 Å². The highest BCUT2D eigenvalue weighted by molar-refractivity contribution is 6.03. The molecule has 0 saturated heterocycles. The van der Waals surface area contributed by atoms with Gasteiger partial charge in [-0.1, -0.05) is 19.1 Å². The molecule has 2 rings (SSSR count). The van der Waals surface area contributed by atoms with Gasteiger partial charge in [0.05, 0.1) is 25.0 Å². The normalized spacial score (nSPS) is 11.4. The van der Waals surface area contributed by atoms with Crippen molar-refractivity contribution in [1.29, 1.82) is 0 Å². The number of amides is 2. The first-order valence-corrected chi connectivity index (χ1v) is 9.50. The fourth-order valence-electron chi connectivity index (χ4n) is 2.50. The summed E-state index contributed by atoms with van der Waals surface area (Å²) in [6.07, 6.45) is 1.71. The second-order valence-electron chi connectivity index (χ2n) is 6.50. The highest BCUT2D eigenvalue weighted by atomic mass is 16.5. The fraction of sp³-hybridized carbons (Fsp3) is 0.364. The Hall–Kier alpha value is -3.02. The van der Waals surface area contributed by atoms with Crippen molar-refractivity contribution in [2.24, 2.45) is 0 Å². The number of nitrogens with one attached hydrogen (secondary N) is 2. The summed E-state index contributed by atoms with van der Waals surface area (Å²) in [5, 5.41) is 5.74. The van der Waals surface area contributed by atoms with Crippen LogP contribution in [0.3, 0.4) is 0 Å². The molecule has 0 unspecified atom stereocenters. The van der Waals surface area contributed by atoms with Crippen LogP contribution >= 0.6 is 0 Å². The topological polar surface area (TPSA) is 76.7 Å². The van der Waals surface area contributed by atoms with Gasteiger partial charge in [-0.25, -0.2) is 0 Å². The van der Waals surface area contributed by atoms with E-state index in [2.05, 4.69) is 10.6 Å². The second kappa shape index (κ2) is 11.0. The van der Waals surface area contributed by atoms with E-state index in [9.17, 15) is 9.59 Å². The summed E-state index contributed by atoms with van der Waals surface area (Å²) in [4.78, 5) is 24.6. The van der Waals surface area contributed by atoms with Crippen molar-refractivity contribution in [2.75, 3.05) is 19.0 Å². The predicted molar refractivity (Wildman–Crippen MR) is 110 cm³/mol. The Morgan fingerprint density at radius 2 is 1.71 bits per heavy atom. The van der Waals surface area contributed by atoms with Gasteiger partial charge in [-0.3, -0.25) is 9.59 Å². The molecule has 2 aromatic carbocycles. The Bertz CT molecular complexity index is 774. The molecule has 2 aromatic rings. The lowest BCUT2D eigenvalue weighted by atomic mass is 10.1. The average Bonchev–Trinajstić information content (AvgIpc) is 2.71. The molecule has 0 radical (unpaired) electrons. The van der Waals surface area contributed by atoms with E-state index in [1.54, 1.807) is 31.4 Å². The summed E-state index contributed by atoms with van der Waals surface area (Å²) in [6.45, 7) is 4.38. The van der Waals surface area contributed by atoms with Crippen molar-refractivity contribution >= 4 is 17.5 Å². The van der Waals surface area contributed by atoms with Crippen LogP contribution in [0.15, 0.2) is 48.5 Å². The zero-order valence-electron chi connectivity index (χ0n) is 16.7. The number of hydrogen-bond acceptors (Lipinski definition) is 4. The standard InChI is InChI=1S/C22H28N2O4/c1-4-16(2)23-22(26)19-8-5-6-9-20(19)24-21(25)10-7-15-28-18-13-11-17(27-3)12-14-18/h5-6,8-9,11-14,16H,4,7,10,15H2,1-3H3,(H,23,26)(H,24,25)/t16-/m1/s1. The first kappa shape index (κ1) is 21.3. The third-order valence-electron chi connectivity index (χ3n) is 4.31. The number of para-hydroxylation sites is 1. The van der Waals surface area contributed by atoms with Gasteiger partial charge in [0.15, 0.2) is 0 Å². The van der Waals surface area contributed by atoms with E-state index in [1.807, 2.05) is 38.1 Å². The maximum absolute atomic E-state index is 12.4. The number of ether oxygens (including phenoxy) is 2. The molecule has 2 amide bonds. The zero-order chi connectivity index (χ0) is 20.4. The maximum Gasteiger partial charge on any atom is 0.253 e. The SMILES string of the molecule is CC[C@@H](C)NC(=O)c1ccccc1NC(=O)CCCOc1ccc(OC)cc1. The fourth-order valence-corrected chi connectivity index (χ4v) is 2.50. The van der Waals surface area contributed by atoms with Crippen LogP contribution in [-0.2, 0) is 4.79 Å². The highest BCUT2D eigenvalue weighted by Gasteiger charge is 2.14. The first-order chi connectivity index (χ1) is 13.5. The Morgan fingerprint density at radius 1 is 1.04 bits per heavy atom. The number of anilines is 1. The van der Waals surface area contributed by atoms with Crippen LogP contribution < -0.4 is 20.1 Å². The van der Waals surface area contributed by atoms with E-state index >= 15 is 0 Å². The van der Waals surface area contributed by atoms with Crippen LogP contribution in [0.4, 0.5) is 5.69 Å². The van der Waals surface area contributed by atoms with E-state index in [1.165, 1.54) is 0 Å².